The van der Waals surface area contributed by atoms with Crippen LogP contribution >= 0.6 is 0 Å². The number of aliphatic hydroxyl groups is 1. The lowest BCUT2D eigenvalue weighted by Gasteiger charge is -2.23. The molecule has 0 bridgehead atoms. The Morgan fingerprint density at radius 3 is 2.69 bits per heavy atom. The average molecular weight is 437 g/mol. The molecule has 1 aromatic carbocycles. The highest BCUT2D eigenvalue weighted by atomic mass is 16.5. The van der Waals surface area contributed by atoms with Gasteiger partial charge in [0.1, 0.15) is 11.4 Å². The third-order valence-electron chi connectivity index (χ3n) is 5.19. The Labute approximate surface area is 189 Å². The number of hydrogen-bond donors (Lipinski definition) is 3. The van der Waals surface area contributed by atoms with E-state index in [9.17, 15) is 5.11 Å². The SMILES string of the molecule is CCNC(=NCc1ccnc(Oc2ccc(C)c(C)c2)c1)NCC(C)(O)c1cnn(C)c1. The molecule has 170 valence electrons. The fourth-order valence-corrected chi connectivity index (χ4v) is 3.07. The van der Waals surface area contributed by atoms with Crippen LogP contribution in [0.2, 0.25) is 0 Å². The minimum Gasteiger partial charge on any atom is -0.439 e. The highest BCUT2D eigenvalue weighted by Gasteiger charge is 2.25. The molecule has 1 atom stereocenters. The molecule has 1 unspecified atom stereocenters. The molecule has 2 aromatic heterocycles. The summed E-state index contributed by atoms with van der Waals surface area (Å²) in [6, 6.07) is 9.77. The third-order valence-corrected chi connectivity index (χ3v) is 5.19. The van der Waals surface area contributed by atoms with Crippen molar-refractivity contribution >= 4 is 5.96 Å². The predicted molar refractivity (Wildman–Crippen MR) is 126 cm³/mol. The van der Waals surface area contributed by atoms with Crippen molar-refractivity contribution in [2.75, 3.05) is 13.1 Å². The first-order valence-electron chi connectivity index (χ1n) is 10.7. The quantitative estimate of drug-likeness (QED) is 0.371. The van der Waals surface area contributed by atoms with Gasteiger partial charge in [-0.25, -0.2) is 9.98 Å². The summed E-state index contributed by atoms with van der Waals surface area (Å²) in [5.74, 6) is 1.90. The zero-order chi connectivity index (χ0) is 23.1. The number of aryl methyl sites for hydroxylation is 3. The second kappa shape index (κ2) is 10.3. The van der Waals surface area contributed by atoms with Crippen molar-refractivity contribution in [3.8, 4) is 11.6 Å². The first kappa shape index (κ1) is 23.3. The van der Waals surface area contributed by atoms with Crippen LogP contribution in [0.3, 0.4) is 0 Å². The van der Waals surface area contributed by atoms with Crippen LogP contribution in [0.15, 0.2) is 53.9 Å². The molecule has 2 heterocycles. The second-order valence-corrected chi connectivity index (χ2v) is 8.08. The lowest BCUT2D eigenvalue weighted by molar-refractivity contribution is 0.0616. The number of nitrogens with one attached hydrogen (secondary N) is 2. The van der Waals surface area contributed by atoms with E-state index in [4.69, 9.17) is 4.74 Å². The van der Waals surface area contributed by atoms with E-state index in [2.05, 4.69) is 39.6 Å². The van der Waals surface area contributed by atoms with Crippen LogP contribution < -0.4 is 15.4 Å². The van der Waals surface area contributed by atoms with Crippen molar-refractivity contribution in [1.29, 1.82) is 0 Å². The molecule has 0 fully saturated rings. The first-order chi connectivity index (χ1) is 15.3. The number of pyridine rings is 1. The van der Waals surface area contributed by atoms with E-state index in [1.165, 1.54) is 11.1 Å². The molecule has 32 heavy (non-hydrogen) atoms. The molecule has 3 rings (SSSR count). The minimum absolute atomic E-state index is 0.294. The Morgan fingerprint density at radius 1 is 1.19 bits per heavy atom. The molecule has 0 spiro atoms. The van der Waals surface area contributed by atoms with Crippen LogP contribution in [0.4, 0.5) is 0 Å². The zero-order valence-electron chi connectivity index (χ0n) is 19.4. The van der Waals surface area contributed by atoms with E-state index in [0.717, 1.165) is 16.9 Å². The maximum atomic E-state index is 10.8. The Kier molecular flexibility index (Phi) is 7.48. The molecule has 0 aliphatic rings. The van der Waals surface area contributed by atoms with Gasteiger partial charge in [-0.2, -0.15) is 5.10 Å². The van der Waals surface area contributed by atoms with Crippen molar-refractivity contribution in [2.45, 2.75) is 39.8 Å². The van der Waals surface area contributed by atoms with E-state index < -0.39 is 5.60 Å². The molecule has 3 N–H and O–H groups in total. The van der Waals surface area contributed by atoms with Gasteiger partial charge in [-0.3, -0.25) is 4.68 Å². The summed E-state index contributed by atoms with van der Waals surface area (Å²) in [5.41, 5.74) is 3.03. The summed E-state index contributed by atoms with van der Waals surface area (Å²) in [7, 11) is 1.82. The van der Waals surface area contributed by atoms with Gasteiger partial charge >= 0.3 is 0 Å². The molecule has 0 aliphatic heterocycles. The average Bonchev–Trinajstić information content (AvgIpc) is 3.20. The number of rotatable bonds is 8. The van der Waals surface area contributed by atoms with Gasteiger partial charge in [-0.1, -0.05) is 6.07 Å². The van der Waals surface area contributed by atoms with Crippen molar-refractivity contribution in [3.05, 3.63) is 71.2 Å². The Hall–Kier alpha value is -3.39. The second-order valence-electron chi connectivity index (χ2n) is 8.08. The van der Waals surface area contributed by atoms with Gasteiger partial charge < -0.3 is 20.5 Å². The van der Waals surface area contributed by atoms with Gasteiger partial charge in [-0.05, 0) is 62.6 Å². The number of ether oxygens (including phenoxy) is 1. The van der Waals surface area contributed by atoms with Crippen LogP contribution in [0.5, 0.6) is 11.6 Å². The standard InChI is InChI=1S/C24H32N6O2/c1-6-25-23(28-16-24(4,31)20-14-29-30(5)15-20)27-13-19-9-10-26-22(12-19)32-21-8-7-17(2)18(3)11-21/h7-12,14-15,31H,6,13,16H2,1-5H3,(H2,25,27,28). The van der Waals surface area contributed by atoms with Gasteiger partial charge in [-0.15, -0.1) is 0 Å². The van der Waals surface area contributed by atoms with E-state index in [1.54, 1.807) is 30.2 Å². The third kappa shape index (κ3) is 6.31. The van der Waals surface area contributed by atoms with E-state index >= 15 is 0 Å². The fourth-order valence-electron chi connectivity index (χ4n) is 3.07. The number of benzene rings is 1. The summed E-state index contributed by atoms with van der Waals surface area (Å²) in [6.45, 7) is 9.32. The first-order valence-corrected chi connectivity index (χ1v) is 10.7. The van der Waals surface area contributed by atoms with Crippen molar-refractivity contribution < 1.29 is 9.84 Å². The number of aromatic nitrogens is 3. The van der Waals surface area contributed by atoms with Gasteiger partial charge in [0.15, 0.2) is 5.96 Å². The number of nitrogens with zero attached hydrogens (tertiary/aromatic N) is 4. The maximum absolute atomic E-state index is 10.8. The molecular weight excluding hydrogens is 404 g/mol. The van der Waals surface area contributed by atoms with Gasteiger partial charge in [0, 0.05) is 37.6 Å². The van der Waals surface area contributed by atoms with E-state index in [-0.39, 0.29) is 0 Å². The minimum atomic E-state index is -1.08. The summed E-state index contributed by atoms with van der Waals surface area (Å²) in [6.07, 6.45) is 5.19. The highest BCUT2D eigenvalue weighted by Crippen LogP contribution is 2.23. The smallest absolute Gasteiger partial charge is 0.219 e. The molecule has 8 nitrogen and oxygen atoms in total. The maximum Gasteiger partial charge on any atom is 0.219 e. The monoisotopic (exact) mass is 436 g/mol. The largest absolute Gasteiger partial charge is 0.439 e. The molecule has 0 amide bonds. The van der Waals surface area contributed by atoms with Gasteiger partial charge in [0.05, 0.1) is 19.3 Å². The topological polar surface area (TPSA) is 96.6 Å². The van der Waals surface area contributed by atoms with Gasteiger partial charge in [0.2, 0.25) is 5.88 Å². The summed E-state index contributed by atoms with van der Waals surface area (Å²) < 4.78 is 7.59. The van der Waals surface area contributed by atoms with Crippen LogP contribution in [-0.4, -0.2) is 38.9 Å². The van der Waals surface area contributed by atoms with Crippen molar-refractivity contribution in [3.63, 3.8) is 0 Å². The molecule has 0 saturated heterocycles. The summed E-state index contributed by atoms with van der Waals surface area (Å²) in [4.78, 5) is 8.95. The molecule has 8 heteroatoms. The Bertz CT molecular complexity index is 1070. The Balaban J connectivity index is 1.65. The lowest BCUT2D eigenvalue weighted by Crippen LogP contribution is -2.44. The number of guanidine groups is 1. The van der Waals surface area contributed by atoms with Crippen LogP contribution in [0, 0.1) is 13.8 Å². The summed E-state index contributed by atoms with van der Waals surface area (Å²) in [5, 5.41) is 21.3. The zero-order valence-corrected chi connectivity index (χ0v) is 19.4. The number of hydrogen-bond acceptors (Lipinski definition) is 5. The Morgan fingerprint density at radius 2 is 2.00 bits per heavy atom. The number of aliphatic imine (C=N–C) groups is 1. The van der Waals surface area contributed by atoms with Gasteiger partial charge in [0.25, 0.3) is 0 Å². The normalized spacial score (nSPS) is 13.5. The molecule has 0 radical (unpaired) electrons. The molecule has 0 aliphatic carbocycles. The molecule has 3 aromatic rings. The van der Waals surface area contributed by atoms with Crippen LogP contribution in [0.25, 0.3) is 0 Å². The molecular formula is C24H32N6O2. The van der Waals surface area contributed by atoms with E-state index in [0.29, 0.717) is 31.5 Å². The molecule has 0 saturated carbocycles. The van der Waals surface area contributed by atoms with Crippen molar-refractivity contribution in [1.82, 2.24) is 25.4 Å². The van der Waals surface area contributed by atoms with Crippen LogP contribution in [-0.2, 0) is 19.2 Å². The fraction of sp³-hybridized carbons (Fsp3) is 0.375. The predicted octanol–water partition coefficient (Wildman–Crippen LogP) is 3.19. The van der Waals surface area contributed by atoms with Crippen LogP contribution in [0.1, 0.15) is 36.1 Å². The van der Waals surface area contributed by atoms with E-state index in [1.807, 2.05) is 44.3 Å². The summed E-state index contributed by atoms with van der Waals surface area (Å²) >= 11 is 0. The highest BCUT2D eigenvalue weighted by molar-refractivity contribution is 5.79. The lowest BCUT2D eigenvalue weighted by atomic mass is 10.00. The van der Waals surface area contributed by atoms with Crippen molar-refractivity contribution in [2.24, 2.45) is 12.0 Å².